The molecule has 0 aromatic carbocycles. The quantitative estimate of drug-likeness (QED) is 0.678. The van der Waals surface area contributed by atoms with Crippen molar-refractivity contribution in [3.63, 3.8) is 0 Å². The van der Waals surface area contributed by atoms with Gasteiger partial charge in [-0.1, -0.05) is 0 Å². The molecule has 0 bridgehead atoms. The van der Waals surface area contributed by atoms with Gasteiger partial charge in [0.25, 0.3) is 0 Å². The lowest BCUT2D eigenvalue weighted by Gasteiger charge is -1.78. The Bertz CT molecular complexity index is 173. The molecule has 44 valence electrons. The zero-order valence-corrected chi connectivity index (χ0v) is 7.41. The van der Waals surface area contributed by atoms with Gasteiger partial charge in [0.15, 0.2) is 4.67 Å². The molecule has 0 atom stereocenters. The largest absolute Gasteiger partial charge is 0.453 e. The highest BCUT2D eigenvalue weighted by Gasteiger charge is 1.98. The van der Waals surface area contributed by atoms with Crippen molar-refractivity contribution in [2.24, 2.45) is 0 Å². The molecule has 0 saturated heterocycles. The van der Waals surface area contributed by atoms with Gasteiger partial charge in [0, 0.05) is 6.07 Å². The van der Waals surface area contributed by atoms with E-state index in [2.05, 4.69) is 31.9 Å². The Morgan fingerprint density at radius 1 is 1.50 bits per heavy atom. The van der Waals surface area contributed by atoms with Crippen LogP contribution in [0.15, 0.2) is 19.6 Å². The van der Waals surface area contributed by atoms with E-state index in [0.29, 0.717) is 0 Å². The number of hydrogen-bond donors (Lipinski definition) is 0. The summed E-state index contributed by atoms with van der Waals surface area (Å²) in [6.07, 6.45) is 0. The van der Waals surface area contributed by atoms with Crippen LogP contribution in [0.2, 0.25) is 0 Å². The van der Waals surface area contributed by atoms with Gasteiger partial charge >= 0.3 is 0 Å². The van der Waals surface area contributed by atoms with Crippen LogP contribution in [0.4, 0.5) is 0 Å². The first kappa shape index (κ1) is 6.36. The average molecular weight is 240 g/mol. The minimum absolute atomic E-state index is 0.766. The SMILES string of the molecule is Cc1oc(Br)cc1Br. The standard InChI is InChI=1S/C5H4Br2O/c1-3-4(6)2-5(7)8-3/h2H,1H3. The maximum Gasteiger partial charge on any atom is 0.170 e. The first-order chi connectivity index (χ1) is 3.70. The van der Waals surface area contributed by atoms with Crippen molar-refractivity contribution >= 4 is 31.9 Å². The van der Waals surface area contributed by atoms with Crippen LogP contribution in [0.5, 0.6) is 0 Å². The van der Waals surface area contributed by atoms with E-state index in [0.717, 1.165) is 14.9 Å². The smallest absolute Gasteiger partial charge is 0.170 e. The Morgan fingerprint density at radius 3 is 2.25 bits per heavy atom. The summed E-state index contributed by atoms with van der Waals surface area (Å²) in [6, 6.07) is 1.87. The van der Waals surface area contributed by atoms with Gasteiger partial charge < -0.3 is 4.42 Å². The molecular weight excluding hydrogens is 236 g/mol. The summed E-state index contributed by atoms with van der Waals surface area (Å²) in [7, 11) is 0. The first-order valence-electron chi connectivity index (χ1n) is 2.11. The van der Waals surface area contributed by atoms with Crippen LogP contribution in [0.3, 0.4) is 0 Å². The number of furan rings is 1. The van der Waals surface area contributed by atoms with E-state index in [1.807, 2.05) is 13.0 Å². The molecule has 0 spiro atoms. The van der Waals surface area contributed by atoms with Gasteiger partial charge in [-0.05, 0) is 38.8 Å². The Kier molecular flexibility index (Phi) is 1.77. The van der Waals surface area contributed by atoms with Crippen LogP contribution in [0.1, 0.15) is 5.76 Å². The van der Waals surface area contributed by atoms with Crippen molar-refractivity contribution in [2.75, 3.05) is 0 Å². The van der Waals surface area contributed by atoms with Gasteiger partial charge in [-0.2, -0.15) is 0 Å². The molecule has 3 heteroatoms. The lowest BCUT2D eigenvalue weighted by molar-refractivity contribution is 0.508. The Balaban J connectivity index is 3.14. The third kappa shape index (κ3) is 1.14. The van der Waals surface area contributed by atoms with Gasteiger partial charge in [0.2, 0.25) is 0 Å². The molecule has 1 aromatic rings. The van der Waals surface area contributed by atoms with Crippen molar-refractivity contribution in [3.8, 4) is 0 Å². The third-order valence-corrected chi connectivity index (χ3v) is 2.01. The average Bonchev–Trinajstić information content (AvgIpc) is 1.85. The molecule has 0 saturated carbocycles. The topological polar surface area (TPSA) is 13.1 Å². The summed E-state index contributed by atoms with van der Waals surface area (Å²) in [4.78, 5) is 0. The van der Waals surface area contributed by atoms with Gasteiger partial charge in [0.1, 0.15) is 5.76 Å². The van der Waals surface area contributed by atoms with Crippen LogP contribution in [-0.2, 0) is 0 Å². The van der Waals surface area contributed by atoms with Crippen molar-refractivity contribution in [3.05, 3.63) is 21.0 Å². The number of aryl methyl sites for hydroxylation is 1. The van der Waals surface area contributed by atoms with Gasteiger partial charge in [0.05, 0.1) is 4.47 Å². The molecule has 0 fully saturated rings. The maximum atomic E-state index is 5.08. The molecule has 0 aliphatic carbocycles. The summed E-state index contributed by atoms with van der Waals surface area (Å²) < 4.78 is 6.85. The van der Waals surface area contributed by atoms with Crippen LogP contribution in [0.25, 0.3) is 0 Å². The molecular formula is C5H4Br2O. The van der Waals surface area contributed by atoms with Crippen LogP contribution < -0.4 is 0 Å². The maximum absolute atomic E-state index is 5.08. The second-order valence-corrected chi connectivity index (χ2v) is 3.09. The number of halogens is 2. The van der Waals surface area contributed by atoms with Gasteiger partial charge in [-0.25, -0.2) is 0 Å². The highest BCUT2D eigenvalue weighted by Crippen LogP contribution is 2.23. The molecule has 0 aliphatic heterocycles. The molecule has 1 aromatic heterocycles. The number of rotatable bonds is 0. The van der Waals surface area contributed by atoms with Gasteiger partial charge in [-0.3, -0.25) is 0 Å². The fourth-order valence-corrected chi connectivity index (χ4v) is 1.49. The van der Waals surface area contributed by atoms with E-state index in [4.69, 9.17) is 4.42 Å². The van der Waals surface area contributed by atoms with Crippen LogP contribution >= 0.6 is 31.9 Å². The Morgan fingerprint density at radius 2 is 2.12 bits per heavy atom. The summed E-state index contributed by atoms with van der Waals surface area (Å²) in [6.45, 7) is 1.90. The highest BCUT2D eigenvalue weighted by molar-refractivity contribution is 9.11. The lowest BCUT2D eigenvalue weighted by atomic mass is 10.5. The number of hydrogen-bond acceptors (Lipinski definition) is 1. The van der Waals surface area contributed by atoms with Gasteiger partial charge in [-0.15, -0.1) is 0 Å². The van der Waals surface area contributed by atoms with E-state index in [1.165, 1.54) is 0 Å². The van der Waals surface area contributed by atoms with E-state index in [9.17, 15) is 0 Å². The first-order valence-corrected chi connectivity index (χ1v) is 3.70. The predicted octanol–water partition coefficient (Wildman–Crippen LogP) is 3.11. The van der Waals surface area contributed by atoms with Crippen molar-refractivity contribution in [1.29, 1.82) is 0 Å². The minimum Gasteiger partial charge on any atom is -0.453 e. The third-order valence-electron chi connectivity index (χ3n) is 0.827. The summed E-state index contributed by atoms with van der Waals surface area (Å²) in [5, 5.41) is 0. The lowest BCUT2D eigenvalue weighted by Crippen LogP contribution is -1.56. The predicted molar refractivity (Wildman–Crippen MR) is 38.8 cm³/mol. The van der Waals surface area contributed by atoms with Crippen molar-refractivity contribution < 1.29 is 4.42 Å². The zero-order valence-electron chi connectivity index (χ0n) is 4.24. The molecule has 8 heavy (non-hydrogen) atoms. The molecule has 1 heterocycles. The minimum atomic E-state index is 0.766. The summed E-state index contributed by atoms with van der Waals surface area (Å²) in [5.74, 6) is 0.900. The summed E-state index contributed by atoms with van der Waals surface area (Å²) >= 11 is 6.48. The second-order valence-electron chi connectivity index (χ2n) is 1.45. The van der Waals surface area contributed by atoms with E-state index in [1.54, 1.807) is 0 Å². The molecule has 0 radical (unpaired) electrons. The van der Waals surface area contributed by atoms with Crippen LogP contribution in [0, 0.1) is 6.92 Å². The Labute approximate surface area is 64.3 Å². The summed E-state index contributed by atoms with van der Waals surface area (Å²) in [5.41, 5.74) is 0. The molecule has 0 amide bonds. The molecule has 0 N–H and O–H groups in total. The van der Waals surface area contributed by atoms with Crippen LogP contribution in [-0.4, -0.2) is 0 Å². The second kappa shape index (κ2) is 2.23. The normalized spacial score (nSPS) is 9.88. The molecule has 0 unspecified atom stereocenters. The van der Waals surface area contributed by atoms with Crippen molar-refractivity contribution in [1.82, 2.24) is 0 Å². The zero-order chi connectivity index (χ0) is 6.15. The van der Waals surface area contributed by atoms with E-state index >= 15 is 0 Å². The van der Waals surface area contributed by atoms with E-state index in [-0.39, 0.29) is 0 Å². The fourth-order valence-electron chi connectivity index (χ4n) is 0.426. The Hall–Kier alpha value is 0.240. The van der Waals surface area contributed by atoms with Crippen molar-refractivity contribution in [2.45, 2.75) is 6.92 Å². The highest BCUT2D eigenvalue weighted by atomic mass is 79.9. The van der Waals surface area contributed by atoms with E-state index < -0.39 is 0 Å². The molecule has 0 aliphatic rings. The molecule has 1 nitrogen and oxygen atoms in total. The molecule has 1 rings (SSSR count). The fraction of sp³-hybridized carbons (Fsp3) is 0.200. The monoisotopic (exact) mass is 238 g/mol.